The van der Waals surface area contributed by atoms with Gasteiger partial charge in [-0.25, -0.2) is 0 Å². The van der Waals surface area contributed by atoms with Gasteiger partial charge in [-0.05, 0) is 17.9 Å². The average molecular weight is 272 g/mol. The molecule has 1 heterocycles. The minimum atomic E-state index is -0.417. The zero-order chi connectivity index (χ0) is 14.7. The van der Waals surface area contributed by atoms with E-state index in [2.05, 4.69) is 5.32 Å². The van der Waals surface area contributed by atoms with Gasteiger partial charge in [0.05, 0.1) is 5.70 Å². The lowest BCUT2D eigenvalue weighted by molar-refractivity contribution is -0.136. The highest BCUT2D eigenvalue weighted by atomic mass is 16.2. The van der Waals surface area contributed by atoms with E-state index in [4.69, 9.17) is 0 Å². The van der Waals surface area contributed by atoms with Gasteiger partial charge in [-0.2, -0.15) is 0 Å². The molecular formula is C16H20N2O2. The van der Waals surface area contributed by atoms with Crippen LogP contribution in [0.1, 0.15) is 32.8 Å². The molecule has 0 aromatic heterocycles. The fraction of sp³-hybridized carbons (Fsp3) is 0.375. The number of amides is 2. The van der Waals surface area contributed by atoms with Crippen molar-refractivity contribution in [2.75, 3.05) is 0 Å². The quantitative estimate of drug-likeness (QED) is 0.918. The molecule has 2 amide bonds. The molecule has 0 bridgehead atoms. The first-order valence-corrected chi connectivity index (χ1v) is 6.86. The van der Waals surface area contributed by atoms with Gasteiger partial charge in [-0.1, -0.05) is 44.2 Å². The van der Waals surface area contributed by atoms with Gasteiger partial charge in [0.1, 0.15) is 6.04 Å². The summed E-state index contributed by atoms with van der Waals surface area (Å²) in [5, 5.41) is 2.90. The number of nitrogens with zero attached hydrogens (tertiary/aromatic N) is 1. The molecule has 20 heavy (non-hydrogen) atoms. The van der Waals surface area contributed by atoms with Crippen LogP contribution < -0.4 is 5.32 Å². The van der Waals surface area contributed by atoms with E-state index in [9.17, 15) is 9.59 Å². The van der Waals surface area contributed by atoms with Crippen LogP contribution in [0.2, 0.25) is 0 Å². The summed E-state index contributed by atoms with van der Waals surface area (Å²) >= 11 is 0. The molecule has 0 saturated heterocycles. The third-order valence-corrected chi connectivity index (χ3v) is 3.31. The second kappa shape index (κ2) is 5.90. The highest BCUT2D eigenvalue weighted by molar-refractivity contribution is 5.96. The van der Waals surface area contributed by atoms with Crippen LogP contribution in [0.25, 0.3) is 5.70 Å². The average Bonchev–Trinajstić information content (AvgIpc) is 2.41. The van der Waals surface area contributed by atoms with Crippen molar-refractivity contribution in [1.82, 2.24) is 10.2 Å². The summed E-state index contributed by atoms with van der Waals surface area (Å²) in [5.74, 6) is 0.119. The molecule has 1 aliphatic heterocycles. The van der Waals surface area contributed by atoms with E-state index >= 15 is 0 Å². The Morgan fingerprint density at radius 3 is 2.50 bits per heavy atom. The fourth-order valence-electron chi connectivity index (χ4n) is 2.35. The summed E-state index contributed by atoms with van der Waals surface area (Å²) in [6.07, 6.45) is 2.40. The lowest BCUT2D eigenvalue weighted by atomic mass is 9.99. The van der Waals surface area contributed by atoms with Gasteiger partial charge in [-0.15, -0.1) is 0 Å². The van der Waals surface area contributed by atoms with Crippen molar-refractivity contribution in [1.29, 1.82) is 0 Å². The van der Waals surface area contributed by atoms with Crippen molar-refractivity contribution in [3.05, 3.63) is 42.1 Å². The molecule has 0 aliphatic carbocycles. The Kier molecular flexibility index (Phi) is 4.23. The van der Waals surface area contributed by atoms with E-state index in [0.717, 1.165) is 5.56 Å². The number of carbonyl (C=O) groups excluding carboxylic acids is 2. The second-order valence-corrected chi connectivity index (χ2v) is 5.47. The molecule has 0 fully saturated rings. The Morgan fingerprint density at radius 2 is 1.95 bits per heavy atom. The summed E-state index contributed by atoms with van der Waals surface area (Å²) in [6, 6.07) is 9.13. The number of hydrogen-bond donors (Lipinski definition) is 1. The third-order valence-electron chi connectivity index (χ3n) is 3.31. The number of rotatable bonds is 3. The van der Waals surface area contributed by atoms with Gasteiger partial charge < -0.3 is 10.2 Å². The Bertz CT molecular complexity index is 535. The zero-order valence-electron chi connectivity index (χ0n) is 12.1. The van der Waals surface area contributed by atoms with E-state index in [0.29, 0.717) is 18.0 Å². The van der Waals surface area contributed by atoms with Crippen LogP contribution in [-0.4, -0.2) is 22.8 Å². The molecule has 1 unspecified atom stereocenters. The monoisotopic (exact) mass is 272 g/mol. The zero-order valence-corrected chi connectivity index (χ0v) is 12.1. The molecular weight excluding hydrogens is 252 g/mol. The molecule has 0 radical (unpaired) electrons. The van der Waals surface area contributed by atoms with E-state index < -0.39 is 6.04 Å². The highest BCUT2D eigenvalue weighted by Crippen LogP contribution is 2.22. The first-order valence-electron chi connectivity index (χ1n) is 6.86. The fourth-order valence-corrected chi connectivity index (χ4v) is 2.35. The summed E-state index contributed by atoms with van der Waals surface area (Å²) in [6.45, 7) is 5.58. The molecule has 1 aromatic rings. The topological polar surface area (TPSA) is 49.4 Å². The maximum absolute atomic E-state index is 12.3. The molecule has 2 rings (SSSR count). The summed E-state index contributed by atoms with van der Waals surface area (Å²) < 4.78 is 0. The maximum Gasteiger partial charge on any atom is 0.247 e. The van der Waals surface area contributed by atoms with Crippen molar-refractivity contribution < 1.29 is 9.59 Å². The van der Waals surface area contributed by atoms with E-state index in [1.807, 2.05) is 44.2 Å². The van der Waals surface area contributed by atoms with Crippen molar-refractivity contribution in [3.63, 3.8) is 0 Å². The lowest BCUT2D eigenvalue weighted by Gasteiger charge is -2.33. The molecule has 106 valence electrons. The molecule has 1 aliphatic rings. The standard InChI is InChI=1S/C16H20N2O2/c1-11(2)9-15-16(20)17-14(10-18(15)12(3)19)13-7-5-4-6-8-13/h4-8,10-11,15H,9H2,1-3H3,(H,17,20). The predicted octanol–water partition coefficient (Wildman–Crippen LogP) is 2.38. The predicted molar refractivity (Wildman–Crippen MR) is 78.3 cm³/mol. The molecule has 4 nitrogen and oxygen atoms in total. The van der Waals surface area contributed by atoms with Crippen molar-refractivity contribution >= 4 is 17.5 Å². The molecule has 1 aromatic carbocycles. The minimum Gasteiger partial charge on any atom is -0.322 e. The number of carbonyl (C=O) groups is 2. The van der Waals surface area contributed by atoms with Crippen LogP contribution in [0.5, 0.6) is 0 Å². The van der Waals surface area contributed by atoms with Gasteiger partial charge in [0.25, 0.3) is 0 Å². The van der Waals surface area contributed by atoms with Crippen LogP contribution in [0.3, 0.4) is 0 Å². The van der Waals surface area contributed by atoms with Gasteiger partial charge in [-0.3, -0.25) is 9.59 Å². The minimum absolute atomic E-state index is 0.112. The van der Waals surface area contributed by atoms with Gasteiger partial charge in [0, 0.05) is 13.1 Å². The van der Waals surface area contributed by atoms with Crippen LogP contribution in [0.4, 0.5) is 0 Å². The normalized spacial score (nSPS) is 18.8. The summed E-state index contributed by atoms with van der Waals surface area (Å²) in [5.41, 5.74) is 1.57. The smallest absolute Gasteiger partial charge is 0.247 e. The van der Waals surface area contributed by atoms with Crippen LogP contribution in [0.15, 0.2) is 36.5 Å². The number of hydrogen-bond acceptors (Lipinski definition) is 2. The Balaban J connectivity index is 2.34. The van der Waals surface area contributed by atoms with Crippen LogP contribution in [-0.2, 0) is 9.59 Å². The Morgan fingerprint density at radius 1 is 1.30 bits per heavy atom. The summed E-state index contributed by atoms with van der Waals surface area (Å²) in [7, 11) is 0. The Labute approximate surface area is 119 Å². The maximum atomic E-state index is 12.3. The highest BCUT2D eigenvalue weighted by Gasteiger charge is 2.32. The Hall–Kier alpha value is -2.10. The summed E-state index contributed by atoms with van der Waals surface area (Å²) in [4.78, 5) is 25.6. The van der Waals surface area contributed by atoms with Gasteiger partial charge >= 0.3 is 0 Å². The first kappa shape index (κ1) is 14.3. The van der Waals surface area contributed by atoms with E-state index in [-0.39, 0.29) is 11.8 Å². The first-order chi connectivity index (χ1) is 9.49. The van der Waals surface area contributed by atoms with Gasteiger partial charge in [0.15, 0.2) is 0 Å². The molecule has 4 heteroatoms. The lowest BCUT2D eigenvalue weighted by Crippen LogP contribution is -2.50. The van der Waals surface area contributed by atoms with Crippen molar-refractivity contribution in [3.8, 4) is 0 Å². The second-order valence-electron chi connectivity index (χ2n) is 5.47. The van der Waals surface area contributed by atoms with Crippen LogP contribution in [0, 0.1) is 5.92 Å². The molecule has 0 spiro atoms. The van der Waals surface area contributed by atoms with E-state index in [1.165, 1.54) is 6.92 Å². The number of benzene rings is 1. The molecule has 1 atom stereocenters. The number of nitrogens with one attached hydrogen (secondary N) is 1. The van der Waals surface area contributed by atoms with Crippen molar-refractivity contribution in [2.45, 2.75) is 33.2 Å². The molecule has 1 N–H and O–H groups in total. The third kappa shape index (κ3) is 3.07. The van der Waals surface area contributed by atoms with Crippen LogP contribution >= 0.6 is 0 Å². The van der Waals surface area contributed by atoms with Gasteiger partial charge in [0.2, 0.25) is 11.8 Å². The largest absolute Gasteiger partial charge is 0.322 e. The molecule has 0 saturated carbocycles. The SMILES string of the molecule is CC(=O)N1C=C(c2ccccc2)NC(=O)C1CC(C)C. The van der Waals surface area contributed by atoms with E-state index in [1.54, 1.807) is 11.1 Å². The van der Waals surface area contributed by atoms with Crippen molar-refractivity contribution in [2.24, 2.45) is 5.92 Å².